The van der Waals surface area contributed by atoms with Gasteiger partial charge >= 0.3 is 0 Å². The van der Waals surface area contributed by atoms with Crippen LogP contribution in [0.5, 0.6) is 0 Å². The molecule has 0 bridgehead atoms. The van der Waals surface area contributed by atoms with Crippen molar-refractivity contribution in [2.45, 2.75) is 26.6 Å². The van der Waals surface area contributed by atoms with Gasteiger partial charge in [0.05, 0.1) is 12.1 Å². The third-order valence-electron chi connectivity index (χ3n) is 3.68. The molecule has 2 aromatic heterocycles. The van der Waals surface area contributed by atoms with Crippen molar-refractivity contribution in [3.63, 3.8) is 0 Å². The fraction of sp³-hybridized carbons (Fsp3) is 0.294. The summed E-state index contributed by atoms with van der Waals surface area (Å²) >= 11 is 1.57. The van der Waals surface area contributed by atoms with Crippen LogP contribution in [0.15, 0.2) is 41.5 Å². The highest BCUT2D eigenvalue weighted by molar-refractivity contribution is 7.18. The Kier molecular flexibility index (Phi) is 4.54. The monoisotopic (exact) mass is 331 g/mol. The van der Waals surface area contributed by atoms with Gasteiger partial charge in [0.2, 0.25) is 0 Å². The van der Waals surface area contributed by atoms with Crippen molar-refractivity contribution in [1.29, 1.82) is 0 Å². The minimum Gasteiger partial charge on any atom is -0.285 e. The maximum absolute atomic E-state index is 12.9. The van der Waals surface area contributed by atoms with Crippen LogP contribution in [0.4, 0.5) is 4.39 Å². The van der Waals surface area contributed by atoms with Gasteiger partial charge in [-0.3, -0.25) is 14.3 Å². The third kappa shape index (κ3) is 3.48. The minimum atomic E-state index is -0.244. The summed E-state index contributed by atoms with van der Waals surface area (Å²) in [6, 6.07) is 8.33. The fourth-order valence-corrected chi connectivity index (χ4v) is 3.42. The summed E-state index contributed by atoms with van der Waals surface area (Å²) in [4.78, 5) is 20.9. The Labute approximate surface area is 137 Å². The zero-order chi connectivity index (χ0) is 16.4. The fourth-order valence-electron chi connectivity index (χ4n) is 2.50. The molecule has 0 saturated heterocycles. The molecular weight excluding hydrogens is 313 g/mol. The maximum atomic E-state index is 12.9. The lowest BCUT2D eigenvalue weighted by Crippen LogP contribution is -2.29. The molecule has 0 fully saturated rings. The highest BCUT2D eigenvalue weighted by Crippen LogP contribution is 2.21. The van der Waals surface area contributed by atoms with Crippen LogP contribution in [0.25, 0.3) is 10.2 Å². The van der Waals surface area contributed by atoms with Crippen LogP contribution in [0.3, 0.4) is 0 Å². The molecule has 3 rings (SSSR count). The second-order valence-electron chi connectivity index (χ2n) is 5.59. The van der Waals surface area contributed by atoms with Gasteiger partial charge in [0.15, 0.2) is 0 Å². The molecule has 1 aromatic carbocycles. The van der Waals surface area contributed by atoms with Gasteiger partial charge in [-0.25, -0.2) is 9.37 Å². The Morgan fingerprint density at radius 1 is 1.30 bits per heavy atom. The Morgan fingerprint density at radius 2 is 2.04 bits per heavy atom. The van der Waals surface area contributed by atoms with Gasteiger partial charge in [0.1, 0.15) is 17.0 Å². The summed E-state index contributed by atoms with van der Waals surface area (Å²) in [5, 5.41) is 0.685. The molecule has 4 nitrogen and oxygen atoms in total. The quantitative estimate of drug-likeness (QED) is 0.720. The lowest BCUT2D eigenvalue weighted by Gasteiger charge is -2.17. The van der Waals surface area contributed by atoms with Crippen molar-refractivity contribution in [2.24, 2.45) is 0 Å². The Bertz CT molecular complexity index is 870. The van der Waals surface area contributed by atoms with E-state index in [1.807, 2.05) is 18.0 Å². The molecule has 0 N–H and O–H groups in total. The van der Waals surface area contributed by atoms with Crippen molar-refractivity contribution >= 4 is 21.6 Å². The van der Waals surface area contributed by atoms with E-state index in [-0.39, 0.29) is 11.4 Å². The van der Waals surface area contributed by atoms with Crippen LogP contribution in [0, 0.1) is 5.82 Å². The van der Waals surface area contributed by atoms with E-state index in [0.29, 0.717) is 18.6 Å². The number of nitrogens with zero attached hydrogens (tertiary/aromatic N) is 3. The van der Waals surface area contributed by atoms with Gasteiger partial charge in [0.25, 0.3) is 5.56 Å². The van der Waals surface area contributed by atoms with Crippen LogP contribution in [0.2, 0.25) is 0 Å². The number of benzene rings is 1. The molecule has 120 valence electrons. The third-order valence-corrected chi connectivity index (χ3v) is 4.86. The van der Waals surface area contributed by atoms with Crippen molar-refractivity contribution < 1.29 is 4.39 Å². The molecule has 0 aliphatic carbocycles. The number of hydrogen-bond donors (Lipinski definition) is 0. The smallest absolute Gasteiger partial charge is 0.263 e. The highest BCUT2D eigenvalue weighted by atomic mass is 32.1. The normalized spacial score (nSPS) is 11.5. The van der Waals surface area contributed by atoms with Gasteiger partial charge in [0, 0.05) is 11.4 Å². The molecule has 0 spiro atoms. The number of aromatic nitrogens is 2. The van der Waals surface area contributed by atoms with E-state index in [4.69, 9.17) is 0 Å². The van der Waals surface area contributed by atoms with E-state index in [2.05, 4.69) is 11.9 Å². The first kappa shape index (κ1) is 15.8. The minimum absolute atomic E-state index is 0.0168. The number of fused-ring (bicyclic) bond motifs is 1. The Balaban J connectivity index is 1.79. The lowest BCUT2D eigenvalue weighted by atomic mass is 10.2. The van der Waals surface area contributed by atoms with Crippen molar-refractivity contribution in [2.75, 3.05) is 7.05 Å². The molecule has 2 heterocycles. The summed E-state index contributed by atoms with van der Waals surface area (Å²) in [7, 11) is 1.92. The zero-order valence-corrected chi connectivity index (χ0v) is 13.9. The predicted octanol–water partition coefficient (Wildman–Crippen LogP) is 3.25. The molecule has 0 unspecified atom stereocenters. The highest BCUT2D eigenvalue weighted by Gasteiger charge is 2.10. The van der Waals surface area contributed by atoms with E-state index >= 15 is 0 Å². The van der Waals surface area contributed by atoms with E-state index in [1.165, 1.54) is 17.0 Å². The zero-order valence-electron chi connectivity index (χ0n) is 13.1. The molecule has 0 aliphatic rings. The van der Waals surface area contributed by atoms with Gasteiger partial charge < -0.3 is 0 Å². The van der Waals surface area contributed by atoms with E-state index in [0.717, 1.165) is 16.8 Å². The summed E-state index contributed by atoms with van der Waals surface area (Å²) in [6.07, 6.45) is 2.51. The predicted molar refractivity (Wildman–Crippen MR) is 91.1 cm³/mol. The Morgan fingerprint density at radius 3 is 2.74 bits per heavy atom. The van der Waals surface area contributed by atoms with Gasteiger partial charge in [-0.15, -0.1) is 11.3 Å². The molecule has 6 heteroatoms. The summed E-state index contributed by atoms with van der Waals surface area (Å²) in [5.74, 6) is -0.244. The second-order valence-corrected chi connectivity index (χ2v) is 6.70. The number of hydrogen-bond acceptors (Lipinski definition) is 4. The second kappa shape index (κ2) is 6.60. The van der Waals surface area contributed by atoms with Crippen LogP contribution >= 0.6 is 11.3 Å². The van der Waals surface area contributed by atoms with Crippen molar-refractivity contribution in [1.82, 2.24) is 14.5 Å². The standard InChI is InChI=1S/C17H18FN3OS/c1-3-14-8-15-16(23-14)19-10-21(17(15)22)11-20(2)9-12-4-6-13(18)7-5-12/h4-8,10H,3,9,11H2,1-2H3. The van der Waals surface area contributed by atoms with Crippen molar-refractivity contribution in [3.05, 3.63) is 63.3 Å². The Hall–Kier alpha value is -2.05. The molecule has 0 atom stereocenters. The van der Waals surface area contributed by atoms with E-state index in [9.17, 15) is 9.18 Å². The van der Waals surface area contributed by atoms with Crippen LogP contribution in [0.1, 0.15) is 17.4 Å². The first-order chi connectivity index (χ1) is 11.1. The number of aryl methyl sites for hydroxylation is 1. The molecule has 0 saturated carbocycles. The maximum Gasteiger partial charge on any atom is 0.263 e. The summed E-state index contributed by atoms with van der Waals surface area (Å²) in [5.41, 5.74) is 0.983. The van der Waals surface area contributed by atoms with Crippen LogP contribution < -0.4 is 5.56 Å². The van der Waals surface area contributed by atoms with Crippen LogP contribution in [-0.4, -0.2) is 21.5 Å². The van der Waals surface area contributed by atoms with E-state index in [1.54, 1.807) is 34.4 Å². The van der Waals surface area contributed by atoms with E-state index < -0.39 is 0 Å². The number of thiophene rings is 1. The van der Waals surface area contributed by atoms with Gasteiger partial charge in [-0.1, -0.05) is 19.1 Å². The molecule has 0 aliphatic heterocycles. The van der Waals surface area contributed by atoms with Crippen LogP contribution in [-0.2, 0) is 19.6 Å². The molecule has 3 aromatic rings. The van der Waals surface area contributed by atoms with Gasteiger partial charge in [-0.05, 0) is 37.2 Å². The first-order valence-electron chi connectivity index (χ1n) is 7.47. The molecule has 23 heavy (non-hydrogen) atoms. The molecular formula is C17H18FN3OS. The number of rotatable bonds is 5. The van der Waals surface area contributed by atoms with Gasteiger partial charge in [-0.2, -0.15) is 0 Å². The summed E-state index contributed by atoms with van der Waals surface area (Å²) in [6.45, 7) is 3.14. The average Bonchev–Trinajstić information content (AvgIpc) is 2.96. The first-order valence-corrected chi connectivity index (χ1v) is 8.29. The SMILES string of the molecule is CCc1cc2c(=O)n(CN(C)Cc3ccc(F)cc3)cnc2s1. The molecule has 0 amide bonds. The topological polar surface area (TPSA) is 38.1 Å². The van der Waals surface area contributed by atoms with Crippen molar-refractivity contribution in [3.8, 4) is 0 Å². The molecule has 0 radical (unpaired) electrons. The lowest BCUT2D eigenvalue weighted by molar-refractivity contribution is 0.255. The largest absolute Gasteiger partial charge is 0.285 e. The summed E-state index contributed by atoms with van der Waals surface area (Å²) < 4.78 is 14.5. The average molecular weight is 331 g/mol. The number of halogens is 1.